The highest BCUT2D eigenvalue weighted by molar-refractivity contribution is 4.96. The molecule has 2 heteroatoms. The van der Waals surface area contributed by atoms with Crippen LogP contribution in [-0.4, -0.2) is 7.05 Å². The highest BCUT2D eigenvalue weighted by Crippen LogP contribution is 1.96. The largest absolute Gasteiger partial charge is 0.468 e. The number of rotatable bonds is 2. The number of hydrogen-bond donors (Lipinski definition) is 1. The zero-order chi connectivity index (χ0) is 5.82. The van der Waals surface area contributed by atoms with Crippen LogP contribution in [0.3, 0.4) is 0 Å². The summed E-state index contributed by atoms with van der Waals surface area (Å²) in [6, 6.07) is 3.82. The SMILES string of the molecule is CNCc1ccco1.[HH]. The molecule has 1 heterocycles. The molecule has 46 valence electrons. The summed E-state index contributed by atoms with van der Waals surface area (Å²) in [5.74, 6) is 0.979. The zero-order valence-corrected chi connectivity index (χ0v) is 4.85. The van der Waals surface area contributed by atoms with E-state index >= 15 is 0 Å². The van der Waals surface area contributed by atoms with Crippen LogP contribution in [0.15, 0.2) is 22.8 Å². The third-order valence-electron chi connectivity index (χ3n) is 0.931. The predicted octanol–water partition coefficient (Wildman–Crippen LogP) is 1.25. The van der Waals surface area contributed by atoms with Crippen LogP contribution in [0.5, 0.6) is 0 Å². The smallest absolute Gasteiger partial charge is 0.117 e. The summed E-state index contributed by atoms with van der Waals surface area (Å²) < 4.78 is 5.01. The molecule has 0 aromatic carbocycles. The monoisotopic (exact) mass is 113 g/mol. The van der Waals surface area contributed by atoms with Gasteiger partial charge in [-0.3, -0.25) is 0 Å². The summed E-state index contributed by atoms with van der Waals surface area (Å²) >= 11 is 0. The van der Waals surface area contributed by atoms with E-state index in [2.05, 4.69) is 5.32 Å². The maximum Gasteiger partial charge on any atom is 0.117 e. The van der Waals surface area contributed by atoms with Crippen molar-refractivity contribution in [1.82, 2.24) is 5.32 Å². The van der Waals surface area contributed by atoms with Gasteiger partial charge in [-0.05, 0) is 19.2 Å². The first kappa shape index (κ1) is 5.38. The van der Waals surface area contributed by atoms with Crippen molar-refractivity contribution in [2.75, 3.05) is 7.05 Å². The average molecular weight is 113 g/mol. The summed E-state index contributed by atoms with van der Waals surface area (Å²) in [5, 5.41) is 2.98. The summed E-state index contributed by atoms with van der Waals surface area (Å²) in [4.78, 5) is 0. The molecule has 0 fully saturated rings. The van der Waals surface area contributed by atoms with Gasteiger partial charge in [0.1, 0.15) is 5.76 Å². The Morgan fingerprint density at radius 1 is 1.88 bits per heavy atom. The second-order valence-corrected chi connectivity index (χ2v) is 1.61. The van der Waals surface area contributed by atoms with E-state index in [9.17, 15) is 0 Å². The molecule has 0 atom stereocenters. The second kappa shape index (κ2) is 2.52. The van der Waals surface area contributed by atoms with E-state index in [1.165, 1.54) is 0 Å². The summed E-state index contributed by atoms with van der Waals surface area (Å²) in [6.45, 7) is 0.812. The number of furan rings is 1. The Kier molecular flexibility index (Phi) is 1.70. The molecular weight excluding hydrogens is 102 g/mol. The lowest BCUT2D eigenvalue weighted by molar-refractivity contribution is 0.495. The van der Waals surface area contributed by atoms with Gasteiger partial charge in [-0.2, -0.15) is 0 Å². The van der Waals surface area contributed by atoms with Gasteiger partial charge >= 0.3 is 0 Å². The van der Waals surface area contributed by atoms with Crippen LogP contribution in [0.25, 0.3) is 0 Å². The molecule has 0 saturated carbocycles. The molecule has 0 spiro atoms. The molecule has 0 amide bonds. The number of hydrogen-bond acceptors (Lipinski definition) is 2. The van der Waals surface area contributed by atoms with Crippen molar-refractivity contribution in [2.45, 2.75) is 6.54 Å². The molecule has 0 aliphatic carbocycles. The van der Waals surface area contributed by atoms with E-state index in [4.69, 9.17) is 4.42 Å². The maximum absolute atomic E-state index is 5.01. The van der Waals surface area contributed by atoms with Gasteiger partial charge in [0.05, 0.1) is 12.8 Å². The van der Waals surface area contributed by atoms with Crippen molar-refractivity contribution in [2.24, 2.45) is 0 Å². The third-order valence-corrected chi connectivity index (χ3v) is 0.931. The van der Waals surface area contributed by atoms with Gasteiger partial charge < -0.3 is 9.73 Å². The van der Waals surface area contributed by atoms with Gasteiger partial charge in [0.25, 0.3) is 0 Å². The first-order chi connectivity index (χ1) is 3.93. The minimum atomic E-state index is 0. The fourth-order valence-corrected chi connectivity index (χ4v) is 0.587. The molecule has 1 aromatic rings. The minimum absolute atomic E-state index is 0. The van der Waals surface area contributed by atoms with Gasteiger partial charge in [-0.1, -0.05) is 0 Å². The lowest BCUT2D eigenvalue weighted by Gasteiger charge is -1.89. The Morgan fingerprint density at radius 2 is 2.75 bits per heavy atom. The molecule has 8 heavy (non-hydrogen) atoms. The summed E-state index contributed by atoms with van der Waals surface area (Å²) in [6.07, 6.45) is 1.67. The Labute approximate surface area is 50.0 Å². The topological polar surface area (TPSA) is 25.2 Å². The van der Waals surface area contributed by atoms with Crippen molar-refractivity contribution in [3.05, 3.63) is 24.2 Å². The molecular formula is C6H11NO. The van der Waals surface area contributed by atoms with Gasteiger partial charge in [0, 0.05) is 1.43 Å². The number of nitrogens with one attached hydrogen (secondary N) is 1. The molecule has 0 radical (unpaired) electrons. The molecule has 2 nitrogen and oxygen atoms in total. The molecule has 0 unspecified atom stereocenters. The lowest BCUT2D eigenvalue weighted by Crippen LogP contribution is -2.03. The normalized spacial score (nSPS) is 9.62. The first-order valence-electron chi connectivity index (χ1n) is 2.60. The molecule has 0 saturated heterocycles. The van der Waals surface area contributed by atoms with Crippen molar-refractivity contribution in [1.29, 1.82) is 0 Å². The van der Waals surface area contributed by atoms with Crippen LogP contribution in [0.2, 0.25) is 0 Å². The van der Waals surface area contributed by atoms with Gasteiger partial charge in [-0.15, -0.1) is 0 Å². The van der Waals surface area contributed by atoms with Crippen LogP contribution in [0.4, 0.5) is 0 Å². The van der Waals surface area contributed by atoms with Crippen molar-refractivity contribution < 1.29 is 5.84 Å². The highest BCUT2D eigenvalue weighted by atomic mass is 16.3. The lowest BCUT2D eigenvalue weighted by atomic mass is 10.4. The van der Waals surface area contributed by atoms with Gasteiger partial charge in [-0.25, -0.2) is 0 Å². The molecule has 1 N–H and O–H groups in total. The van der Waals surface area contributed by atoms with Crippen LogP contribution in [0, 0.1) is 0 Å². The zero-order valence-electron chi connectivity index (χ0n) is 4.85. The van der Waals surface area contributed by atoms with Gasteiger partial charge in [0.2, 0.25) is 0 Å². The van der Waals surface area contributed by atoms with E-state index in [1.807, 2.05) is 19.2 Å². The highest BCUT2D eigenvalue weighted by Gasteiger charge is 1.87. The van der Waals surface area contributed by atoms with Crippen molar-refractivity contribution in [3.8, 4) is 0 Å². The van der Waals surface area contributed by atoms with Gasteiger partial charge in [0.15, 0.2) is 0 Å². The van der Waals surface area contributed by atoms with E-state index < -0.39 is 0 Å². The van der Waals surface area contributed by atoms with Crippen LogP contribution in [-0.2, 0) is 6.54 Å². The average Bonchev–Trinajstić information content (AvgIpc) is 2.19. The maximum atomic E-state index is 5.01. The van der Waals surface area contributed by atoms with E-state index in [0.717, 1.165) is 12.3 Å². The second-order valence-electron chi connectivity index (χ2n) is 1.61. The summed E-state index contributed by atoms with van der Waals surface area (Å²) in [7, 11) is 1.89. The Morgan fingerprint density at radius 3 is 3.25 bits per heavy atom. The van der Waals surface area contributed by atoms with Crippen LogP contribution in [0.1, 0.15) is 7.19 Å². The van der Waals surface area contributed by atoms with E-state index in [-0.39, 0.29) is 1.43 Å². The molecule has 0 aliphatic rings. The fraction of sp³-hybridized carbons (Fsp3) is 0.333. The predicted molar refractivity (Wildman–Crippen MR) is 33.6 cm³/mol. The molecule has 1 rings (SSSR count). The fourth-order valence-electron chi connectivity index (χ4n) is 0.587. The summed E-state index contributed by atoms with van der Waals surface area (Å²) in [5.41, 5.74) is 0. The Balaban J connectivity index is 0.000000640. The molecule has 0 bridgehead atoms. The minimum Gasteiger partial charge on any atom is -0.468 e. The first-order valence-corrected chi connectivity index (χ1v) is 2.60. The Bertz CT molecular complexity index is 139. The standard InChI is InChI=1S/C6H9NO.H2/c1-7-5-6-3-2-4-8-6;/h2-4,7H,5H2,1H3;1H. The Hall–Kier alpha value is -0.760. The van der Waals surface area contributed by atoms with Crippen molar-refractivity contribution >= 4 is 0 Å². The van der Waals surface area contributed by atoms with Crippen molar-refractivity contribution in [3.63, 3.8) is 0 Å². The molecule has 0 aliphatic heterocycles. The quantitative estimate of drug-likeness (QED) is 0.624. The molecule has 1 aromatic heterocycles. The van der Waals surface area contributed by atoms with E-state index in [0.29, 0.717) is 0 Å². The van der Waals surface area contributed by atoms with Crippen LogP contribution >= 0.6 is 0 Å². The third kappa shape index (κ3) is 1.10. The van der Waals surface area contributed by atoms with E-state index in [1.54, 1.807) is 6.26 Å². The van der Waals surface area contributed by atoms with Crippen LogP contribution < -0.4 is 5.32 Å².